The summed E-state index contributed by atoms with van der Waals surface area (Å²) in [4.78, 5) is 19.8. The van der Waals surface area contributed by atoms with E-state index < -0.39 is 11.9 Å². The molecule has 0 spiro atoms. The lowest BCUT2D eigenvalue weighted by atomic mass is 10.0. The summed E-state index contributed by atoms with van der Waals surface area (Å²) in [5.41, 5.74) is 0. The average molecular weight is 343 g/mol. The minimum atomic E-state index is -0.891. The van der Waals surface area contributed by atoms with Crippen LogP contribution in [0.1, 0.15) is 104 Å². The number of allylic oxidation sites excluding steroid dienone is 1. The minimum Gasteiger partial charge on any atom is -0.481 e. The van der Waals surface area contributed by atoms with E-state index in [1.165, 1.54) is 76.7 Å². The summed E-state index contributed by atoms with van der Waals surface area (Å²) in [7, 11) is 0. The van der Waals surface area contributed by atoms with Crippen molar-refractivity contribution in [1.29, 1.82) is 0 Å². The summed E-state index contributed by atoms with van der Waals surface area (Å²) in [5.74, 6) is -1.55. The van der Waals surface area contributed by atoms with Crippen LogP contribution in [0.4, 0.5) is 0 Å². The van der Waals surface area contributed by atoms with Crippen molar-refractivity contribution in [2.45, 2.75) is 104 Å². The lowest BCUT2D eigenvalue weighted by Gasteiger charge is -2.02. The molecule has 0 amide bonds. The smallest absolute Gasteiger partial charge is 0.327 e. The maximum atomic E-state index is 10.3. The molecule has 0 bridgehead atoms. The number of carboxylic acids is 2. The third-order valence-corrected chi connectivity index (χ3v) is 3.80. The van der Waals surface area contributed by atoms with Crippen LogP contribution in [0, 0.1) is 0 Å². The van der Waals surface area contributed by atoms with Crippen LogP contribution in [0.3, 0.4) is 0 Å². The maximum Gasteiger partial charge on any atom is 0.327 e. The quantitative estimate of drug-likeness (QED) is 0.274. The Labute approximate surface area is 148 Å². The summed E-state index contributed by atoms with van der Waals surface area (Å²) in [5, 5.41) is 16.3. The van der Waals surface area contributed by atoms with Crippen LogP contribution in [-0.2, 0) is 9.59 Å². The molecule has 0 radical (unpaired) electrons. The predicted octanol–water partition coefficient (Wildman–Crippen LogP) is 6.20. The molecule has 0 saturated carbocycles. The highest BCUT2D eigenvalue weighted by Crippen LogP contribution is 2.12. The van der Waals surface area contributed by atoms with Crippen molar-refractivity contribution in [1.82, 2.24) is 0 Å². The van der Waals surface area contributed by atoms with Gasteiger partial charge in [0.2, 0.25) is 0 Å². The van der Waals surface area contributed by atoms with Crippen LogP contribution in [0.5, 0.6) is 0 Å². The average Bonchev–Trinajstić information content (AvgIpc) is 2.52. The molecule has 0 aliphatic carbocycles. The second-order valence-corrected chi connectivity index (χ2v) is 6.22. The number of hydrogen-bond acceptors (Lipinski definition) is 2. The van der Waals surface area contributed by atoms with Crippen molar-refractivity contribution in [3.8, 4) is 0 Å². The van der Waals surface area contributed by atoms with Gasteiger partial charge in [-0.3, -0.25) is 4.79 Å². The summed E-state index contributed by atoms with van der Waals surface area (Å²) >= 11 is 0. The van der Waals surface area contributed by atoms with Gasteiger partial charge in [0.05, 0.1) is 0 Å². The zero-order chi connectivity index (χ0) is 18.5. The first kappa shape index (κ1) is 24.9. The van der Waals surface area contributed by atoms with Gasteiger partial charge in [0.15, 0.2) is 0 Å². The van der Waals surface area contributed by atoms with Crippen molar-refractivity contribution in [2.24, 2.45) is 0 Å². The van der Waals surface area contributed by atoms with Crippen LogP contribution >= 0.6 is 0 Å². The highest BCUT2D eigenvalue weighted by Gasteiger charge is 1.96. The fourth-order valence-corrected chi connectivity index (χ4v) is 2.44. The molecule has 4 nitrogen and oxygen atoms in total. The first-order chi connectivity index (χ1) is 11.5. The Bertz CT molecular complexity index is 311. The molecule has 0 heterocycles. The Morgan fingerprint density at radius 2 is 1.08 bits per heavy atom. The SMILES string of the molecule is CC=CC(=O)O.CCCCCCCCCCCCCCCC(=O)O. The second-order valence-electron chi connectivity index (χ2n) is 6.22. The molecule has 0 aromatic rings. The molecular weight excluding hydrogens is 304 g/mol. The van der Waals surface area contributed by atoms with E-state index in [1.54, 1.807) is 6.92 Å². The maximum absolute atomic E-state index is 10.3. The van der Waals surface area contributed by atoms with E-state index >= 15 is 0 Å². The first-order valence-corrected chi connectivity index (χ1v) is 9.62. The molecule has 4 heteroatoms. The summed E-state index contributed by atoms with van der Waals surface area (Å²) < 4.78 is 0. The van der Waals surface area contributed by atoms with Crippen molar-refractivity contribution in [3.05, 3.63) is 12.2 Å². The molecule has 0 aliphatic heterocycles. The highest BCUT2D eigenvalue weighted by atomic mass is 16.4. The van der Waals surface area contributed by atoms with E-state index in [2.05, 4.69) is 6.92 Å². The summed E-state index contributed by atoms with van der Waals surface area (Å²) in [6.45, 7) is 3.92. The Balaban J connectivity index is 0. The molecule has 0 unspecified atom stereocenters. The van der Waals surface area contributed by atoms with E-state index in [1.807, 2.05) is 0 Å². The Kier molecular flexibility index (Phi) is 22.5. The third-order valence-electron chi connectivity index (χ3n) is 3.80. The number of rotatable bonds is 15. The Morgan fingerprint density at radius 1 is 0.708 bits per heavy atom. The lowest BCUT2D eigenvalue weighted by molar-refractivity contribution is -0.137. The van der Waals surface area contributed by atoms with Crippen LogP contribution < -0.4 is 0 Å². The number of aliphatic carboxylic acids is 2. The van der Waals surface area contributed by atoms with Crippen LogP contribution in [0.25, 0.3) is 0 Å². The minimum absolute atomic E-state index is 0.345. The van der Waals surface area contributed by atoms with Gasteiger partial charge in [0.1, 0.15) is 0 Å². The molecule has 0 rings (SSSR count). The zero-order valence-electron chi connectivity index (χ0n) is 15.8. The van der Waals surface area contributed by atoms with E-state index in [0.29, 0.717) is 6.42 Å². The van der Waals surface area contributed by atoms with Gasteiger partial charge in [-0.1, -0.05) is 90.0 Å². The highest BCUT2D eigenvalue weighted by molar-refractivity contribution is 5.79. The van der Waals surface area contributed by atoms with E-state index in [0.717, 1.165) is 18.9 Å². The predicted molar refractivity (Wildman–Crippen MR) is 100 cm³/mol. The molecule has 0 aromatic carbocycles. The number of carbonyl (C=O) groups is 2. The molecule has 2 N–H and O–H groups in total. The Morgan fingerprint density at radius 3 is 1.33 bits per heavy atom. The van der Waals surface area contributed by atoms with Crippen LogP contribution in [0.15, 0.2) is 12.2 Å². The normalized spacial score (nSPS) is 10.4. The Hall–Kier alpha value is -1.32. The summed E-state index contributed by atoms with van der Waals surface area (Å²) in [6, 6.07) is 0. The van der Waals surface area contributed by atoms with Crippen molar-refractivity contribution in [2.75, 3.05) is 0 Å². The molecule has 0 fully saturated rings. The number of hydrogen-bond donors (Lipinski definition) is 2. The standard InChI is InChI=1S/C16H32O2.C4H6O2/c1-2-3-4-5-6-7-8-9-10-11-12-13-14-15-16(17)18;1-2-3-4(5)6/h2-15H2,1H3,(H,17,18);2-3H,1H3,(H,5,6). The molecule has 24 heavy (non-hydrogen) atoms. The summed E-state index contributed by atoms with van der Waals surface area (Å²) in [6.07, 6.45) is 19.8. The third kappa shape index (κ3) is 28.8. The second kappa shape index (κ2) is 21.7. The van der Waals surface area contributed by atoms with Gasteiger partial charge >= 0.3 is 11.9 Å². The number of unbranched alkanes of at least 4 members (excludes halogenated alkanes) is 12. The molecule has 142 valence electrons. The largest absolute Gasteiger partial charge is 0.481 e. The van der Waals surface area contributed by atoms with E-state index in [-0.39, 0.29) is 0 Å². The van der Waals surface area contributed by atoms with Gasteiger partial charge < -0.3 is 10.2 Å². The van der Waals surface area contributed by atoms with Gasteiger partial charge in [-0.2, -0.15) is 0 Å². The number of carboxylic acid groups (broad SMARTS) is 2. The lowest BCUT2D eigenvalue weighted by Crippen LogP contribution is -1.93. The van der Waals surface area contributed by atoms with Crippen molar-refractivity contribution in [3.63, 3.8) is 0 Å². The van der Waals surface area contributed by atoms with Gasteiger partial charge in [-0.05, 0) is 13.3 Å². The van der Waals surface area contributed by atoms with Gasteiger partial charge in [-0.25, -0.2) is 4.79 Å². The molecule has 0 atom stereocenters. The molecule has 0 aliphatic rings. The fourth-order valence-electron chi connectivity index (χ4n) is 2.44. The van der Waals surface area contributed by atoms with Gasteiger partial charge in [0.25, 0.3) is 0 Å². The first-order valence-electron chi connectivity index (χ1n) is 9.62. The topological polar surface area (TPSA) is 74.6 Å². The van der Waals surface area contributed by atoms with Crippen LogP contribution in [0.2, 0.25) is 0 Å². The molecule has 0 saturated heterocycles. The van der Waals surface area contributed by atoms with Crippen molar-refractivity contribution < 1.29 is 19.8 Å². The van der Waals surface area contributed by atoms with E-state index in [9.17, 15) is 9.59 Å². The molecule has 0 aromatic heterocycles. The molecular formula is C20H38O4. The zero-order valence-corrected chi connectivity index (χ0v) is 15.8. The monoisotopic (exact) mass is 342 g/mol. The van der Waals surface area contributed by atoms with Crippen LogP contribution in [-0.4, -0.2) is 22.2 Å². The van der Waals surface area contributed by atoms with Gasteiger partial charge in [0, 0.05) is 12.5 Å². The fraction of sp³-hybridized carbons (Fsp3) is 0.800. The van der Waals surface area contributed by atoms with Crippen molar-refractivity contribution >= 4 is 11.9 Å². The van der Waals surface area contributed by atoms with E-state index in [4.69, 9.17) is 10.2 Å². The van der Waals surface area contributed by atoms with Gasteiger partial charge in [-0.15, -0.1) is 0 Å².